The van der Waals surface area contributed by atoms with E-state index in [9.17, 15) is 9.59 Å². The van der Waals surface area contributed by atoms with E-state index >= 15 is 0 Å². The fourth-order valence-electron chi connectivity index (χ4n) is 1.98. The van der Waals surface area contributed by atoms with Gasteiger partial charge in [0.1, 0.15) is 11.7 Å². The molecule has 3 heteroatoms. The van der Waals surface area contributed by atoms with Crippen LogP contribution in [0.1, 0.15) is 52.4 Å². The maximum Gasteiger partial charge on any atom is 0.314 e. The molecule has 0 rings (SSSR count). The zero-order valence-corrected chi connectivity index (χ0v) is 10.9. The minimum atomic E-state index is -1.02. The molecule has 0 aromatic carbocycles. The van der Waals surface area contributed by atoms with Gasteiger partial charge in [-0.2, -0.15) is 0 Å². The molecule has 1 N–H and O–H groups in total. The summed E-state index contributed by atoms with van der Waals surface area (Å²) in [5, 5.41) is 9.02. The molecule has 0 amide bonds. The molecule has 2 atom stereocenters. The monoisotopic (exact) mass is 240 g/mol. The average Bonchev–Trinajstić information content (AvgIpc) is 2.30. The van der Waals surface area contributed by atoms with Crippen molar-refractivity contribution >= 4 is 11.8 Å². The van der Waals surface area contributed by atoms with Gasteiger partial charge in [-0.1, -0.05) is 39.2 Å². The molecular weight excluding hydrogens is 216 g/mol. The van der Waals surface area contributed by atoms with Gasteiger partial charge in [0.15, 0.2) is 0 Å². The quantitative estimate of drug-likeness (QED) is 0.361. The van der Waals surface area contributed by atoms with E-state index in [0.717, 1.165) is 32.1 Å². The molecule has 0 aliphatic heterocycles. The molecule has 98 valence electrons. The fourth-order valence-corrected chi connectivity index (χ4v) is 1.98. The van der Waals surface area contributed by atoms with Gasteiger partial charge in [-0.3, -0.25) is 9.59 Å². The summed E-state index contributed by atoms with van der Waals surface area (Å²) in [4.78, 5) is 23.1. The Hall–Kier alpha value is -1.12. The average molecular weight is 240 g/mol. The number of allylic oxidation sites excluding steroid dienone is 1. The predicted molar refractivity (Wildman–Crippen MR) is 68.9 cm³/mol. The molecule has 0 bridgehead atoms. The van der Waals surface area contributed by atoms with Gasteiger partial charge in [0.25, 0.3) is 0 Å². The molecule has 17 heavy (non-hydrogen) atoms. The molecule has 2 unspecified atom stereocenters. The van der Waals surface area contributed by atoms with Crippen LogP contribution in [0.4, 0.5) is 0 Å². The molecule has 0 aromatic rings. The topological polar surface area (TPSA) is 54.4 Å². The summed E-state index contributed by atoms with van der Waals surface area (Å²) in [5.74, 6) is -2.17. The smallest absolute Gasteiger partial charge is 0.314 e. The van der Waals surface area contributed by atoms with E-state index in [2.05, 4.69) is 13.5 Å². The third-order valence-corrected chi connectivity index (χ3v) is 3.10. The van der Waals surface area contributed by atoms with Crippen LogP contribution in [0.15, 0.2) is 12.7 Å². The first-order valence-corrected chi connectivity index (χ1v) is 6.45. The number of carboxylic acids is 1. The number of unbranched alkanes of at least 4 members (excludes halogenated alkanes) is 2. The van der Waals surface area contributed by atoms with Crippen LogP contribution in [0.2, 0.25) is 0 Å². The van der Waals surface area contributed by atoms with E-state index in [4.69, 9.17) is 5.11 Å². The molecule has 0 saturated heterocycles. The molecule has 0 aliphatic rings. The number of carboxylic acid groups (broad SMARTS) is 1. The first-order chi connectivity index (χ1) is 8.08. The van der Waals surface area contributed by atoms with Gasteiger partial charge in [-0.05, 0) is 19.3 Å². The van der Waals surface area contributed by atoms with Crippen molar-refractivity contribution in [3.63, 3.8) is 0 Å². The summed E-state index contributed by atoms with van der Waals surface area (Å²) in [6, 6.07) is 0. The lowest BCUT2D eigenvalue weighted by Crippen LogP contribution is -2.29. The van der Waals surface area contributed by atoms with Crippen LogP contribution in [0.3, 0.4) is 0 Å². The van der Waals surface area contributed by atoms with Crippen molar-refractivity contribution in [2.24, 2.45) is 11.8 Å². The minimum Gasteiger partial charge on any atom is -0.481 e. The first-order valence-electron chi connectivity index (χ1n) is 6.45. The number of ketones is 1. The van der Waals surface area contributed by atoms with Crippen LogP contribution in [-0.2, 0) is 9.59 Å². The number of aliphatic carboxylic acids is 1. The Balaban J connectivity index is 4.46. The molecule has 0 aromatic heterocycles. The Kier molecular flexibility index (Phi) is 8.38. The van der Waals surface area contributed by atoms with Gasteiger partial charge in [0.2, 0.25) is 0 Å². The molecular formula is C14H24O3. The molecule has 0 heterocycles. The van der Waals surface area contributed by atoms with Crippen molar-refractivity contribution in [1.29, 1.82) is 0 Å². The zero-order valence-electron chi connectivity index (χ0n) is 10.9. The highest BCUT2D eigenvalue weighted by molar-refractivity contribution is 5.99. The zero-order chi connectivity index (χ0) is 13.3. The Bertz CT molecular complexity index is 258. The highest BCUT2D eigenvalue weighted by atomic mass is 16.4. The van der Waals surface area contributed by atoms with Crippen LogP contribution in [0, 0.1) is 11.8 Å². The van der Waals surface area contributed by atoms with Crippen molar-refractivity contribution in [2.45, 2.75) is 52.4 Å². The number of carbonyl (C=O) groups is 2. The van der Waals surface area contributed by atoms with Crippen molar-refractivity contribution in [3.05, 3.63) is 12.7 Å². The van der Waals surface area contributed by atoms with E-state index in [0.29, 0.717) is 0 Å². The molecule has 0 saturated carbocycles. The van der Waals surface area contributed by atoms with E-state index in [-0.39, 0.29) is 18.1 Å². The summed E-state index contributed by atoms with van der Waals surface area (Å²) >= 11 is 0. The van der Waals surface area contributed by atoms with E-state index in [1.54, 1.807) is 0 Å². The van der Waals surface area contributed by atoms with Gasteiger partial charge in [-0.25, -0.2) is 0 Å². The van der Waals surface area contributed by atoms with Crippen molar-refractivity contribution < 1.29 is 14.7 Å². The second-order valence-electron chi connectivity index (χ2n) is 4.42. The molecule has 0 fully saturated rings. The lowest BCUT2D eigenvalue weighted by molar-refractivity contribution is -0.147. The third kappa shape index (κ3) is 5.66. The van der Waals surface area contributed by atoms with E-state index < -0.39 is 11.9 Å². The van der Waals surface area contributed by atoms with E-state index in [1.807, 2.05) is 6.92 Å². The SMILES string of the molecule is C=CCC(C(=O)O)C(=O)C(CC)CCCCC. The van der Waals surface area contributed by atoms with Crippen molar-refractivity contribution in [2.75, 3.05) is 0 Å². The fraction of sp³-hybridized carbons (Fsp3) is 0.714. The largest absolute Gasteiger partial charge is 0.481 e. The van der Waals surface area contributed by atoms with Crippen molar-refractivity contribution in [3.8, 4) is 0 Å². The minimum absolute atomic E-state index is 0.109. The second kappa shape index (κ2) is 8.97. The molecule has 0 radical (unpaired) electrons. The highest BCUT2D eigenvalue weighted by Gasteiger charge is 2.29. The Morgan fingerprint density at radius 3 is 2.35 bits per heavy atom. The van der Waals surface area contributed by atoms with Gasteiger partial charge in [0, 0.05) is 5.92 Å². The maximum atomic E-state index is 12.1. The normalized spacial score (nSPS) is 14.0. The molecule has 3 nitrogen and oxygen atoms in total. The first kappa shape index (κ1) is 15.9. The van der Waals surface area contributed by atoms with Crippen LogP contribution < -0.4 is 0 Å². The van der Waals surface area contributed by atoms with Gasteiger partial charge in [0.05, 0.1) is 0 Å². The third-order valence-electron chi connectivity index (χ3n) is 3.10. The molecule has 0 aliphatic carbocycles. The van der Waals surface area contributed by atoms with Crippen LogP contribution in [-0.4, -0.2) is 16.9 Å². The number of rotatable bonds is 10. The van der Waals surface area contributed by atoms with Gasteiger partial charge >= 0.3 is 5.97 Å². The number of hydrogen-bond acceptors (Lipinski definition) is 2. The number of carbonyl (C=O) groups excluding carboxylic acids is 1. The van der Waals surface area contributed by atoms with Crippen LogP contribution in [0.25, 0.3) is 0 Å². The number of Topliss-reactive ketones (excluding diaryl/α,β-unsaturated/α-hetero) is 1. The Morgan fingerprint density at radius 1 is 1.29 bits per heavy atom. The summed E-state index contributed by atoms with van der Waals surface area (Å²) in [6.07, 6.45) is 6.49. The predicted octanol–water partition coefficient (Wildman–Crippen LogP) is 3.44. The Morgan fingerprint density at radius 2 is 1.94 bits per heavy atom. The van der Waals surface area contributed by atoms with Crippen molar-refractivity contribution in [1.82, 2.24) is 0 Å². The summed E-state index contributed by atoms with van der Waals surface area (Å²) < 4.78 is 0. The highest BCUT2D eigenvalue weighted by Crippen LogP contribution is 2.21. The van der Waals surface area contributed by atoms with Gasteiger partial charge < -0.3 is 5.11 Å². The summed E-state index contributed by atoms with van der Waals surface area (Å²) in [5.41, 5.74) is 0. The maximum absolute atomic E-state index is 12.1. The van der Waals surface area contributed by atoms with Crippen LogP contribution >= 0.6 is 0 Å². The summed E-state index contributed by atoms with van der Waals surface area (Å²) in [7, 11) is 0. The number of hydrogen-bond donors (Lipinski definition) is 1. The second-order valence-corrected chi connectivity index (χ2v) is 4.42. The lowest BCUT2D eigenvalue weighted by atomic mass is 9.85. The van der Waals surface area contributed by atoms with E-state index in [1.165, 1.54) is 6.08 Å². The standard InChI is InChI=1S/C14H24O3/c1-4-7-8-10-11(6-3)13(15)12(9-5-2)14(16)17/h5,11-12H,2,4,6-10H2,1,3H3,(H,16,17). The lowest BCUT2D eigenvalue weighted by Gasteiger charge is -2.17. The van der Waals surface area contributed by atoms with Crippen LogP contribution in [0.5, 0.6) is 0 Å². The summed E-state index contributed by atoms with van der Waals surface area (Å²) in [6.45, 7) is 7.57. The Labute approximate surface area is 104 Å². The molecule has 0 spiro atoms. The van der Waals surface area contributed by atoms with Gasteiger partial charge in [-0.15, -0.1) is 6.58 Å².